The summed E-state index contributed by atoms with van der Waals surface area (Å²) in [5.74, 6) is -1.17. The van der Waals surface area contributed by atoms with Gasteiger partial charge in [0, 0.05) is 23.0 Å². The van der Waals surface area contributed by atoms with Gasteiger partial charge in [-0.2, -0.15) is 0 Å². The molecule has 5 nitrogen and oxygen atoms in total. The van der Waals surface area contributed by atoms with Crippen molar-refractivity contribution in [1.82, 2.24) is 24.5 Å². The molecule has 0 fully saturated rings. The summed E-state index contributed by atoms with van der Waals surface area (Å²) in [6.07, 6.45) is 6.89. The van der Waals surface area contributed by atoms with E-state index in [0.29, 0.717) is 17.2 Å². The zero-order valence-corrected chi connectivity index (χ0v) is 19.9. The van der Waals surface area contributed by atoms with Crippen LogP contribution < -0.4 is 0 Å². The van der Waals surface area contributed by atoms with Crippen LogP contribution in [0.1, 0.15) is 25.2 Å². The molecule has 0 aromatic carbocycles. The standard InChI is InChI=1S/C25H17F2N5.Pt/c1-25(2,20-8-3-7-18(29-20)17-11-12-22(26)31-24(17)27)21-9-4-10-23(30-21)32-14-16-6-5-13-28-19(16)15-32;/h3-10,12-13,15H,1-2H3;/q-2;+2. The van der Waals surface area contributed by atoms with Gasteiger partial charge in [0.25, 0.3) is 0 Å². The van der Waals surface area contributed by atoms with Crippen LogP contribution in [0.15, 0.2) is 67.0 Å². The first-order valence-electron chi connectivity index (χ1n) is 9.97. The van der Waals surface area contributed by atoms with Crippen molar-refractivity contribution in [1.29, 1.82) is 0 Å². The number of rotatable bonds is 4. The molecule has 0 atom stereocenters. The third kappa shape index (κ3) is 4.33. The summed E-state index contributed by atoms with van der Waals surface area (Å²) >= 11 is 0. The van der Waals surface area contributed by atoms with Gasteiger partial charge in [-0.15, -0.1) is 12.1 Å². The maximum Gasteiger partial charge on any atom is 2.00 e. The van der Waals surface area contributed by atoms with Crippen molar-refractivity contribution in [3.63, 3.8) is 0 Å². The second-order valence-electron chi connectivity index (χ2n) is 7.85. The van der Waals surface area contributed by atoms with Crippen molar-refractivity contribution in [2.24, 2.45) is 0 Å². The number of aromatic nitrogens is 5. The van der Waals surface area contributed by atoms with Gasteiger partial charge in [0.2, 0.25) is 0 Å². The summed E-state index contributed by atoms with van der Waals surface area (Å²) in [4.78, 5) is 17.0. The van der Waals surface area contributed by atoms with Crippen molar-refractivity contribution < 1.29 is 29.8 Å². The third-order valence-electron chi connectivity index (χ3n) is 5.34. The minimum atomic E-state index is -0.948. The minimum Gasteiger partial charge on any atom is -0.407 e. The van der Waals surface area contributed by atoms with Gasteiger partial charge < -0.3 is 14.5 Å². The maximum atomic E-state index is 14.2. The van der Waals surface area contributed by atoms with E-state index in [0.717, 1.165) is 22.7 Å². The summed E-state index contributed by atoms with van der Waals surface area (Å²) in [6.45, 7) is 3.98. The van der Waals surface area contributed by atoms with Crippen molar-refractivity contribution in [3.05, 3.63) is 103 Å². The molecule has 0 amide bonds. The molecule has 0 aliphatic heterocycles. The predicted octanol–water partition coefficient (Wildman–Crippen LogP) is 5.08. The molecule has 0 saturated heterocycles. The van der Waals surface area contributed by atoms with E-state index < -0.39 is 17.3 Å². The molecule has 5 aromatic heterocycles. The van der Waals surface area contributed by atoms with Crippen LogP contribution in [-0.4, -0.2) is 24.5 Å². The fraction of sp³-hybridized carbons (Fsp3) is 0.120. The molecule has 0 bridgehead atoms. The Bertz CT molecular complexity index is 1410. The molecular weight excluding hydrogens is 603 g/mol. The van der Waals surface area contributed by atoms with E-state index in [4.69, 9.17) is 4.98 Å². The molecule has 0 radical (unpaired) electrons. The molecule has 5 heterocycles. The van der Waals surface area contributed by atoms with Crippen molar-refractivity contribution in [3.8, 4) is 17.1 Å². The minimum absolute atomic E-state index is 0. The smallest absolute Gasteiger partial charge is 0.407 e. The molecule has 5 rings (SSSR count). The second kappa shape index (κ2) is 8.91. The van der Waals surface area contributed by atoms with E-state index in [1.54, 1.807) is 18.3 Å². The Morgan fingerprint density at radius 1 is 0.909 bits per heavy atom. The predicted molar refractivity (Wildman–Crippen MR) is 116 cm³/mol. The quantitative estimate of drug-likeness (QED) is 0.208. The second-order valence-corrected chi connectivity index (χ2v) is 7.85. The number of pyridine rings is 4. The number of halogens is 2. The van der Waals surface area contributed by atoms with E-state index in [-0.39, 0.29) is 26.6 Å². The van der Waals surface area contributed by atoms with E-state index in [2.05, 4.69) is 27.2 Å². The SMILES string of the molecule is CC(C)(c1cccc(-c2[c-]cc(F)nc2F)n1)c1cccc(-n2[c-]c3cccnc3c2)n1.[Pt+2]. The first-order chi connectivity index (χ1) is 15.4. The van der Waals surface area contributed by atoms with Gasteiger partial charge >= 0.3 is 21.1 Å². The molecule has 0 N–H and O–H groups in total. The van der Waals surface area contributed by atoms with Gasteiger partial charge in [0.15, 0.2) is 0 Å². The van der Waals surface area contributed by atoms with Gasteiger partial charge in [0.05, 0.1) is 5.82 Å². The van der Waals surface area contributed by atoms with E-state index in [1.165, 1.54) is 0 Å². The maximum absolute atomic E-state index is 14.2. The van der Waals surface area contributed by atoms with Crippen LogP contribution in [0.2, 0.25) is 0 Å². The molecule has 0 unspecified atom stereocenters. The topological polar surface area (TPSA) is 56.5 Å². The Morgan fingerprint density at radius 3 is 2.42 bits per heavy atom. The van der Waals surface area contributed by atoms with E-state index in [9.17, 15) is 8.78 Å². The van der Waals surface area contributed by atoms with Gasteiger partial charge in [-0.3, -0.25) is 9.97 Å². The molecule has 0 spiro atoms. The van der Waals surface area contributed by atoms with Crippen LogP contribution in [0.5, 0.6) is 0 Å². The van der Waals surface area contributed by atoms with Gasteiger partial charge in [-0.05, 0) is 43.4 Å². The first kappa shape index (κ1) is 22.9. The van der Waals surface area contributed by atoms with Gasteiger partial charge in [0.1, 0.15) is 11.9 Å². The summed E-state index contributed by atoms with van der Waals surface area (Å²) in [5, 5.41) is 0.902. The molecule has 33 heavy (non-hydrogen) atoms. The molecule has 0 aliphatic carbocycles. The van der Waals surface area contributed by atoms with Crippen molar-refractivity contribution in [2.75, 3.05) is 0 Å². The first-order valence-corrected chi connectivity index (χ1v) is 9.97. The molecule has 5 aromatic rings. The Hall–Kier alpha value is -3.31. The van der Waals surface area contributed by atoms with Crippen LogP contribution in [0.25, 0.3) is 28.0 Å². The van der Waals surface area contributed by atoms with Crippen LogP contribution in [-0.2, 0) is 26.5 Å². The Labute approximate surface area is 203 Å². The number of fused-ring (bicyclic) bond motifs is 1. The number of hydrogen-bond donors (Lipinski definition) is 0. The van der Waals surface area contributed by atoms with Crippen LogP contribution >= 0.6 is 0 Å². The normalized spacial score (nSPS) is 11.4. The Morgan fingerprint density at radius 2 is 1.67 bits per heavy atom. The molecular formula is C25H17F2N5Pt. The summed E-state index contributed by atoms with van der Waals surface area (Å²) < 4.78 is 29.2. The fourth-order valence-corrected chi connectivity index (χ4v) is 3.53. The Balaban J connectivity index is 0.00000259. The van der Waals surface area contributed by atoms with Crippen molar-refractivity contribution >= 4 is 10.9 Å². The number of hydrogen-bond acceptors (Lipinski definition) is 4. The summed E-state index contributed by atoms with van der Waals surface area (Å²) in [7, 11) is 0. The van der Waals surface area contributed by atoms with E-state index in [1.807, 2.05) is 61.0 Å². The zero-order chi connectivity index (χ0) is 22.3. The van der Waals surface area contributed by atoms with Crippen LogP contribution in [0, 0.1) is 24.2 Å². The summed E-state index contributed by atoms with van der Waals surface area (Å²) in [5.41, 5.74) is 2.04. The number of nitrogens with zero attached hydrogens (tertiary/aromatic N) is 5. The zero-order valence-electron chi connectivity index (χ0n) is 17.7. The average Bonchev–Trinajstić information content (AvgIpc) is 3.24. The largest absolute Gasteiger partial charge is 2.00 e. The van der Waals surface area contributed by atoms with Crippen LogP contribution in [0.3, 0.4) is 0 Å². The molecule has 8 heteroatoms. The van der Waals surface area contributed by atoms with Gasteiger partial charge in [-0.1, -0.05) is 53.5 Å². The van der Waals surface area contributed by atoms with Crippen LogP contribution in [0.4, 0.5) is 8.78 Å². The monoisotopic (exact) mass is 620 g/mol. The van der Waals surface area contributed by atoms with Crippen molar-refractivity contribution in [2.45, 2.75) is 19.3 Å². The van der Waals surface area contributed by atoms with E-state index >= 15 is 0 Å². The molecule has 0 aliphatic rings. The third-order valence-corrected chi connectivity index (χ3v) is 5.34. The molecule has 0 saturated carbocycles. The molecule has 166 valence electrons. The Kier molecular flexibility index (Phi) is 6.17. The fourth-order valence-electron chi connectivity index (χ4n) is 3.53. The van der Waals surface area contributed by atoms with Gasteiger partial charge in [-0.25, -0.2) is 8.78 Å². The average molecular weight is 621 g/mol. The summed E-state index contributed by atoms with van der Waals surface area (Å²) in [6, 6.07) is 18.4.